The van der Waals surface area contributed by atoms with Gasteiger partial charge in [-0.2, -0.15) is 0 Å². The summed E-state index contributed by atoms with van der Waals surface area (Å²) in [6, 6.07) is 0.228. The molecule has 16 heavy (non-hydrogen) atoms. The Labute approximate surface area is 99.8 Å². The van der Waals surface area contributed by atoms with Crippen molar-refractivity contribution in [3.05, 3.63) is 0 Å². The zero-order valence-corrected chi connectivity index (χ0v) is 11.3. The molecule has 0 aliphatic heterocycles. The molecule has 0 saturated carbocycles. The van der Waals surface area contributed by atoms with Gasteiger partial charge in [0.2, 0.25) is 5.91 Å². The first-order valence-corrected chi connectivity index (χ1v) is 6.12. The smallest absolute Gasteiger partial charge is 0.234 e. The molecule has 0 aromatic carbocycles. The van der Waals surface area contributed by atoms with E-state index in [1.54, 1.807) is 0 Å². The third kappa shape index (κ3) is 7.65. The minimum Gasteiger partial charge on any atom is -0.351 e. The Morgan fingerprint density at radius 3 is 2.38 bits per heavy atom. The highest BCUT2D eigenvalue weighted by molar-refractivity contribution is 5.78. The van der Waals surface area contributed by atoms with Crippen LogP contribution in [0.15, 0.2) is 0 Å². The number of carbonyl (C=O) groups excluding carboxylic acids is 1. The van der Waals surface area contributed by atoms with Crippen LogP contribution in [0.5, 0.6) is 0 Å². The highest BCUT2D eigenvalue weighted by Gasteiger charge is 2.16. The summed E-state index contributed by atoms with van der Waals surface area (Å²) in [5.41, 5.74) is 0. The molecule has 1 unspecified atom stereocenters. The van der Waals surface area contributed by atoms with Gasteiger partial charge in [0.25, 0.3) is 0 Å². The lowest BCUT2D eigenvalue weighted by Crippen LogP contribution is -2.47. The van der Waals surface area contributed by atoms with E-state index in [2.05, 4.69) is 36.3 Å². The Balaban J connectivity index is 3.93. The van der Waals surface area contributed by atoms with Gasteiger partial charge in [-0.3, -0.25) is 4.79 Å². The van der Waals surface area contributed by atoms with Crippen molar-refractivity contribution in [1.29, 1.82) is 0 Å². The molecule has 0 aromatic heterocycles. The maximum Gasteiger partial charge on any atom is 0.234 e. The number of carbonyl (C=O) groups is 1. The molecule has 0 spiro atoms. The fourth-order valence-electron chi connectivity index (χ4n) is 1.45. The normalized spacial score (nSPS) is 13.2. The molecule has 0 fully saturated rings. The van der Waals surface area contributed by atoms with E-state index in [1.807, 2.05) is 14.1 Å². The summed E-state index contributed by atoms with van der Waals surface area (Å²) in [7, 11) is 4.05. The standard InChI is InChI=1S/C12H27N3O/c1-6-7-13-8-12(16)14-11(10(2)3)9-15(4)5/h10-11,13H,6-9H2,1-5H3,(H,14,16). The summed E-state index contributed by atoms with van der Waals surface area (Å²) in [5, 5.41) is 6.17. The number of hydrogen-bond donors (Lipinski definition) is 2. The topological polar surface area (TPSA) is 44.4 Å². The van der Waals surface area contributed by atoms with E-state index in [1.165, 1.54) is 0 Å². The summed E-state index contributed by atoms with van der Waals surface area (Å²) < 4.78 is 0. The molecule has 4 nitrogen and oxygen atoms in total. The van der Waals surface area contributed by atoms with E-state index in [4.69, 9.17) is 0 Å². The summed E-state index contributed by atoms with van der Waals surface area (Å²) in [5.74, 6) is 0.548. The van der Waals surface area contributed by atoms with Gasteiger partial charge in [-0.05, 0) is 33.0 Å². The fourth-order valence-corrected chi connectivity index (χ4v) is 1.45. The molecule has 0 saturated heterocycles. The van der Waals surface area contributed by atoms with Crippen molar-refractivity contribution in [2.45, 2.75) is 33.2 Å². The van der Waals surface area contributed by atoms with Gasteiger partial charge in [0.15, 0.2) is 0 Å². The van der Waals surface area contributed by atoms with Gasteiger partial charge >= 0.3 is 0 Å². The Bertz CT molecular complexity index is 193. The van der Waals surface area contributed by atoms with Crippen LogP contribution in [0.25, 0.3) is 0 Å². The molecule has 96 valence electrons. The zero-order chi connectivity index (χ0) is 12.6. The van der Waals surface area contributed by atoms with Crippen molar-refractivity contribution in [3.8, 4) is 0 Å². The molecular formula is C12H27N3O. The molecule has 0 aliphatic rings. The monoisotopic (exact) mass is 229 g/mol. The zero-order valence-electron chi connectivity index (χ0n) is 11.3. The van der Waals surface area contributed by atoms with Gasteiger partial charge in [0.1, 0.15) is 0 Å². The summed E-state index contributed by atoms with van der Waals surface area (Å²) >= 11 is 0. The Kier molecular flexibility index (Phi) is 8.21. The van der Waals surface area contributed by atoms with Crippen molar-refractivity contribution < 1.29 is 4.79 Å². The van der Waals surface area contributed by atoms with E-state index in [0.717, 1.165) is 19.5 Å². The molecule has 4 heteroatoms. The predicted octanol–water partition coefficient (Wildman–Crippen LogP) is 0.688. The van der Waals surface area contributed by atoms with E-state index in [-0.39, 0.29) is 11.9 Å². The van der Waals surface area contributed by atoms with Crippen LogP contribution in [0.3, 0.4) is 0 Å². The highest BCUT2D eigenvalue weighted by Crippen LogP contribution is 2.02. The van der Waals surface area contributed by atoms with Gasteiger partial charge in [-0.25, -0.2) is 0 Å². The third-order valence-electron chi connectivity index (χ3n) is 2.43. The summed E-state index contributed by atoms with van der Waals surface area (Å²) in [6.07, 6.45) is 1.05. The molecule has 0 heterocycles. The Morgan fingerprint density at radius 1 is 1.31 bits per heavy atom. The average Bonchev–Trinajstić information content (AvgIpc) is 2.16. The van der Waals surface area contributed by atoms with Gasteiger partial charge in [0, 0.05) is 12.6 Å². The maximum absolute atomic E-state index is 11.6. The number of hydrogen-bond acceptors (Lipinski definition) is 3. The number of amides is 1. The van der Waals surface area contributed by atoms with Crippen LogP contribution in [0.4, 0.5) is 0 Å². The third-order valence-corrected chi connectivity index (χ3v) is 2.43. The fraction of sp³-hybridized carbons (Fsp3) is 0.917. The van der Waals surface area contributed by atoms with Crippen LogP contribution in [0.1, 0.15) is 27.2 Å². The van der Waals surface area contributed by atoms with Crippen molar-refractivity contribution in [3.63, 3.8) is 0 Å². The molecule has 0 radical (unpaired) electrons. The molecule has 0 aromatic rings. The van der Waals surface area contributed by atoms with Crippen LogP contribution in [0, 0.1) is 5.92 Å². The molecular weight excluding hydrogens is 202 g/mol. The molecule has 2 N–H and O–H groups in total. The van der Waals surface area contributed by atoms with Crippen molar-refractivity contribution in [1.82, 2.24) is 15.5 Å². The van der Waals surface area contributed by atoms with Gasteiger partial charge in [-0.1, -0.05) is 20.8 Å². The number of nitrogens with zero attached hydrogens (tertiary/aromatic N) is 1. The number of likely N-dealkylation sites (N-methyl/N-ethyl adjacent to an activating group) is 1. The summed E-state index contributed by atoms with van der Waals surface area (Å²) in [6.45, 7) is 8.56. The first-order chi connectivity index (χ1) is 7.47. The molecule has 1 atom stereocenters. The van der Waals surface area contributed by atoms with Crippen molar-refractivity contribution in [2.24, 2.45) is 5.92 Å². The second-order valence-corrected chi connectivity index (χ2v) is 4.86. The van der Waals surface area contributed by atoms with Crippen LogP contribution >= 0.6 is 0 Å². The van der Waals surface area contributed by atoms with Gasteiger partial charge in [0.05, 0.1) is 6.54 Å². The Hall–Kier alpha value is -0.610. The molecule has 1 amide bonds. The van der Waals surface area contributed by atoms with Crippen LogP contribution < -0.4 is 10.6 Å². The molecule has 0 rings (SSSR count). The summed E-state index contributed by atoms with van der Waals surface area (Å²) in [4.78, 5) is 13.7. The first-order valence-electron chi connectivity index (χ1n) is 6.12. The van der Waals surface area contributed by atoms with E-state index >= 15 is 0 Å². The van der Waals surface area contributed by atoms with Crippen LogP contribution in [0.2, 0.25) is 0 Å². The minimum atomic E-state index is 0.0917. The predicted molar refractivity (Wildman–Crippen MR) is 68.5 cm³/mol. The van der Waals surface area contributed by atoms with Crippen molar-refractivity contribution >= 4 is 5.91 Å². The van der Waals surface area contributed by atoms with Crippen LogP contribution in [-0.2, 0) is 4.79 Å². The molecule has 0 bridgehead atoms. The van der Waals surface area contributed by atoms with E-state index in [9.17, 15) is 4.79 Å². The van der Waals surface area contributed by atoms with Gasteiger partial charge < -0.3 is 15.5 Å². The Morgan fingerprint density at radius 2 is 1.94 bits per heavy atom. The quantitative estimate of drug-likeness (QED) is 0.602. The van der Waals surface area contributed by atoms with E-state index in [0.29, 0.717) is 12.5 Å². The van der Waals surface area contributed by atoms with Crippen molar-refractivity contribution in [2.75, 3.05) is 33.7 Å². The SMILES string of the molecule is CCCNCC(=O)NC(CN(C)C)C(C)C. The lowest BCUT2D eigenvalue weighted by atomic mass is 10.0. The number of rotatable bonds is 8. The van der Waals surface area contributed by atoms with Gasteiger partial charge in [-0.15, -0.1) is 0 Å². The average molecular weight is 229 g/mol. The second-order valence-electron chi connectivity index (χ2n) is 4.86. The lowest BCUT2D eigenvalue weighted by Gasteiger charge is -2.25. The first kappa shape index (κ1) is 15.4. The van der Waals surface area contributed by atoms with Crippen LogP contribution in [-0.4, -0.2) is 50.6 Å². The van der Waals surface area contributed by atoms with E-state index < -0.39 is 0 Å². The second kappa shape index (κ2) is 8.53. The highest BCUT2D eigenvalue weighted by atomic mass is 16.2. The largest absolute Gasteiger partial charge is 0.351 e. The maximum atomic E-state index is 11.6. The minimum absolute atomic E-state index is 0.0917. The lowest BCUT2D eigenvalue weighted by molar-refractivity contribution is -0.121. The molecule has 0 aliphatic carbocycles. The number of nitrogens with one attached hydrogen (secondary N) is 2.